The molecule has 2 aromatic carbocycles. The Morgan fingerprint density at radius 2 is 1.84 bits per heavy atom. The van der Waals surface area contributed by atoms with E-state index in [1.165, 1.54) is 12.1 Å². The Bertz CT molecular complexity index is 1110. The monoisotopic (exact) mass is 548 g/mol. The van der Waals surface area contributed by atoms with E-state index < -0.39 is 29.3 Å². The molecule has 38 heavy (non-hydrogen) atoms. The van der Waals surface area contributed by atoms with Crippen LogP contribution in [0.2, 0.25) is 5.02 Å². The summed E-state index contributed by atoms with van der Waals surface area (Å²) in [7, 11) is 0. The van der Waals surface area contributed by atoms with E-state index in [2.05, 4.69) is 5.32 Å². The Balaban J connectivity index is 1.79. The average Bonchev–Trinajstić information content (AvgIpc) is 2.78. The Hall–Kier alpha value is -2.68. The highest BCUT2D eigenvalue weighted by atomic mass is 35.5. The number of nitrogens with zero attached hydrogens (tertiary/aromatic N) is 1. The lowest BCUT2D eigenvalue weighted by Gasteiger charge is -2.45. The number of esters is 1. The van der Waals surface area contributed by atoms with Crippen molar-refractivity contribution in [2.75, 3.05) is 26.2 Å². The number of nitrogens with one attached hydrogen (secondary N) is 1. The van der Waals surface area contributed by atoms with Gasteiger partial charge in [0.15, 0.2) is 0 Å². The van der Waals surface area contributed by atoms with Gasteiger partial charge in [0.05, 0.1) is 18.1 Å². The van der Waals surface area contributed by atoms with Crippen LogP contribution in [-0.2, 0) is 20.7 Å². The van der Waals surface area contributed by atoms with Gasteiger partial charge in [-0.15, -0.1) is 0 Å². The van der Waals surface area contributed by atoms with E-state index in [1.54, 1.807) is 52.8 Å². The molecule has 0 radical (unpaired) electrons. The summed E-state index contributed by atoms with van der Waals surface area (Å²) in [6, 6.07) is 11.3. The largest absolute Gasteiger partial charge is 0.466 e. The average molecular weight is 549 g/mol. The number of carbonyl (C=O) groups excluding carboxylic acids is 2. The number of β-amino-alcohol motifs (C(OH)–C–C–N with tert-alkyl or cyclic N) is 1. The molecular formula is C29H38ClFN2O5. The Kier molecular flexibility index (Phi) is 9.79. The summed E-state index contributed by atoms with van der Waals surface area (Å²) >= 11 is 6.05. The zero-order chi connectivity index (χ0) is 28.1. The van der Waals surface area contributed by atoms with Crippen molar-refractivity contribution in [3.8, 4) is 11.1 Å². The molecule has 2 aromatic rings. The summed E-state index contributed by atoms with van der Waals surface area (Å²) in [5.74, 6) is -1.22. The molecule has 0 spiro atoms. The number of alkyl carbamates (subject to hydrolysis) is 1. The summed E-state index contributed by atoms with van der Waals surface area (Å²) in [5, 5.41) is 13.5. The van der Waals surface area contributed by atoms with Gasteiger partial charge in [-0.3, -0.25) is 9.69 Å². The summed E-state index contributed by atoms with van der Waals surface area (Å²) < 4.78 is 25.1. The quantitative estimate of drug-likeness (QED) is 0.396. The van der Waals surface area contributed by atoms with Gasteiger partial charge in [-0.25, -0.2) is 9.18 Å². The van der Waals surface area contributed by atoms with E-state index in [1.807, 2.05) is 17.0 Å². The predicted octanol–water partition coefficient (Wildman–Crippen LogP) is 5.22. The summed E-state index contributed by atoms with van der Waals surface area (Å²) in [6.45, 7) is 10.5. The molecule has 0 aliphatic carbocycles. The van der Waals surface area contributed by atoms with Crippen molar-refractivity contribution in [2.24, 2.45) is 5.92 Å². The van der Waals surface area contributed by atoms with Gasteiger partial charge in [0, 0.05) is 36.3 Å². The Morgan fingerprint density at radius 3 is 2.42 bits per heavy atom. The molecule has 1 saturated heterocycles. The van der Waals surface area contributed by atoms with Gasteiger partial charge in [-0.2, -0.15) is 0 Å². The van der Waals surface area contributed by atoms with Gasteiger partial charge in [0.25, 0.3) is 0 Å². The summed E-state index contributed by atoms with van der Waals surface area (Å²) in [5.41, 5.74) is 0.533. The smallest absolute Gasteiger partial charge is 0.407 e. The number of ether oxygens (including phenoxy) is 2. The van der Waals surface area contributed by atoms with Crippen LogP contribution in [0, 0.1) is 11.7 Å². The minimum atomic E-state index is -0.766. The zero-order valence-electron chi connectivity index (χ0n) is 22.7. The van der Waals surface area contributed by atoms with Crippen LogP contribution in [0.4, 0.5) is 9.18 Å². The SMILES string of the molecule is CCOC(=O)[C@@H](C[C@@H](Cc1ccc(-c2cc(Cl)ccc2F)cc1)NC(=O)OC(C)(C)C)CN1CC(C)(O)C1. The van der Waals surface area contributed by atoms with E-state index in [4.69, 9.17) is 21.1 Å². The molecule has 2 N–H and O–H groups in total. The van der Waals surface area contributed by atoms with E-state index in [0.717, 1.165) is 5.56 Å². The first-order valence-corrected chi connectivity index (χ1v) is 13.3. The molecule has 0 saturated carbocycles. The van der Waals surface area contributed by atoms with Crippen molar-refractivity contribution in [1.82, 2.24) is 10.2 Å². The van der Waals surface area contributed by atoms with Crippen molar-refractivity contribution >= 4 is 23.7 Å². The van der Waals surface area contributed by atoms with Crippen molar-refractivity contribution in [3.05, 3.63) is 58.9 Å². The molecule has 0 aromatic heterocycles. The molecule has 1 aliphatic heterocycles. The lowest BCUT2D eigenvalue weighted by atomic mass is 9.90. The number of hydrogen-bond acceptors (Lipinski definition) is 6. The minimum absolute atomic E-state index is 0.249. The fraction of sp³-hybridized carbons (Fsp3) is 0.517. The van der Waals surface area contributed by atoms with Crippen LogP contribution in [-0.4, -0.2) is 65.6 Å². The second kappa shape index (κ2) is 12.5. The van der Waals surface area contributed by atoms with E-state index in [0.29, 0.717) is 48.6 Å². The molecule has 9 heteroatoms. The fourth-order valence-corrected chi connectivity index (χ4v) is 4.87. The van der Waals surface area contributed by atoms with Crippen LogP contribution in [0.5, 0.6) is 0 Å². The van der Waals surface area contributed by atoms with Crippen LogP contribution < -0.4 is 5.32 Å². The molecule has 1 aliphatic rings. The maximum Gasteiger partial charge on any atom is 0.407 e. The molecule has 3 rings (SSSR count). The molecule has 1 heterocycles. The molecule has 0 unspecified atom stereocenters. The highest BCUT2D eigenvalue weighted by Crippen LogP contribution is 2.27. The first kappa shape index (κ1) is 29.9. The standard InChI is InChI=1S/C29H38ClFN2O5/c1-6-37-26(34)21(16-33-17-29(5,36)18-33)14-23(32-27(35)38-28(2,3)4)13-19-7-9-20(10-8-19)24-15-22(30)11-12-25(24)31/h7-12,15,21,23,36H,6,13-14,16-18H2,1-5H3,(H,32,35)/t21-,23+/m0/s1. The maximum absolute atomic E-state index is 14.3. The third-order valence-electron chi connectivity index (χ3n) is 6.19. The van der Waals surface area contributed by atoms with Gasteiger partial charge in [0.2, 0.25) is 0 Å². The van der Waals surface area contributed by atoms with Crippen molar-refractivity contribution in [1.29, 1.82) is 0 Å². The zero-order valence-corrected chi connectivity index (χ0v) is 23.5. The summed E-state index contributed by atoms with van der Waals surface area (Å²) in [6.07, 6.45) is 0.168. The van der Waals surface area contributed by atoms with Gasteiger partial charge in [-0.1, -0.05) is 35.9 Å². The third-order valence-corrected chi connectivity index (χ3v) is 6.43. The number of benzene rings is 2. The molecule has 7 nitrogen and oxygen atoms in total. The normalized spacial score (nSPS) is 16.7. The maximum atomic E-state index is 14.3. The molecule has 2 atom stereocenters. The molecule has 1 amide bonds. The van der Waals surface area contributed by atoms with Crippen LogP contribution in [0.1, 0.15) is 46.6 Å². The molecule has 208 valence electrons. The number of carbonyl (C=O) groups is 2. The van der Waals surface area contributed by atoms with Crippen LogP contribution >= 0.6 is 11.6 Å². The van der Waals surface area contributed by atoms with E-state index in [-0.39, 0.29) is 18.4 Å². The number of hydrogen-bond donors (Lipinski definition) is 2. The minimum Gasteiger partial charge on any atom is -0.466 e. The number of rotatable bonds is 10. The first-order chi connectivity index (χ1) is 17.7. The van der Waals surface area contributed by atoms with Crippen LogP contribution in [0.3, 0.4) is 0 Å². The first-order valence-electron chi connectivity index (χ1n) is 12.9. The van der Waals surface area contributed by atoms with Crippen molar-refractivity contribution in [3.63, 3.8) is 0 Å². The number of halogens is 2. The number of aliphatic hydroxyl groups is 1. The Morgan fingerprint density at radius 1 is 1.18 bits per heavy atom. The highest BCUT2D eigenvalue weighted by molar-refractivity contribution is 6.30. The van der Waals surface area contributed by atoms with Gasteiger partial charge in [0.1, 0.15) is 11.4 Å². The lowest BCUT2D eigenvalue weighted by molar-refractivity contribution is -0.152. The molecule has 0 bridgehead atoms. The summed E-state index contributed by atoms with van der Waals surface area (Å²) in [4.78, 5) is 27.5. The molecular weight excluding hydrogens is 511 g/mol. The second-order valence-electron chi connectivity index (χ2n) is 11.2. The Labute approximate surface area is 229 Å². The van der Waals surface area contributed by atoms with E-state index >= 15 is 0 Å². The van der Waals surface area contributed by atoms with Gasteiger partial charge >= 0.3 is 12.1 Å². The molecule has 1 fully saturated rings. The van der Waals surface area contributed by atoms with E-state index in [9.17, 15) is 19.1 Å². The lowest BCUT2D eigenvalue weighted by Crippen LogP contribution is -2.61. The number of likely N-dealkylation sites (tertiary alicyclic amines) is 1. The number of amides is 1. The van der Waals surface area contributed by atoms with Crippen LogP contribution in [0.15, 0.2) is 42.5 Å². The van der Waals surface area contributed by atoms with Crippen molar-refractivity contribution < 1.29 is 28.6 Å². The second-order valence-corrected chi connectivity index (χ2v) is 11.7. The predicted molar refractivity (Wildman–Crippen MR) is 146 cm³/mol. The highest BCUT2D eigenvalue weighted by Gasteiger charge is 2.39. The topological polar surface area (TPSA) is 88.1 Å². The van der Waals surface area contributed by atoms with Gasteiger partial charge in [-0.05, 0) is 76.8 Å². The van der Waals surface area contributed by atoms with Crippen LogP contribution in [0.25, 0.3) is 11.1 Å². The van der Waals surface area contributed by atoms with Gasteiger partial charge < -0.3 is 19.9 Å². The fourth-order valence-electron chi connectivity index (χ4n) is 4.70. The van der Waals surface area contributed by atoms with Crippen molar-refractivity contribution in [2.45, 2.75) is 64.7 Å². The third kappa shape index (κ3) is 8.96.